The molecule has 128 valence electrons. The van der Waals surface area contributed by atoms with E-state index in [0.29, 0.717) is 0 Å². The van der Waals surface area contributed by atoms with Crippen molar-refractivity contribution in [2.45, 2.75) is 38.5 Å². The van der Waals surface area contributed by atoms with E-state index in [4.69, 9.17) is 4.74 Å². The molecule has 0 aliphatic heterocycles. The zero-order valence-corrected chi connectivity index (χ0v) is 16.2. The second-order valence-corrected chi connectivity index (χ2v) is 6.64. The van der Waals surface area contributed by atoms with Gasteiger partial charge in [-0.05, 0) is 61.5 Å². The van der Waals surface area contributed by atoms with Crippen molar-refractivity contribution in [3.8, 4) is 5.75 Å². The smallest absolute Gasteiger partial charge is 0.119 e. The summed E-state index contributed by atoms with van der Waals surface area (Å²) in [6, 6.07) is 12.6. The topological polar surface area (TPSA) is 21.3 Å². The first-order valence-corrected chi connectivity index (χ1v) is 9.05. The number of hydrogen-bond acceptors (Lipinski definition) is 2. The zero-order valence-electron chi connectivity index (χ0n) is 13.8. The zero-order chi connectivity index (χ0) is 15.6. The Bertz CT molecular complexity index is 576. The first kappa shape index (κ1) is 20.3. The summed E-state index contributed by atoms with van der Waals surface area (Å²) in [5.41, 5.74) is 0. The monoisotopic (exact) mass is 399 g/mol. The molecule has 2 nitrogen and oxygen atoms in total. The summed E-state index contributed by atoms with van der Waals surface area (Å²) >= 11 is 3.50. The van der Waals surface area contributed by atoms with E-state index in [1.165, 1.54) is 42.9 Å². The van der Waals surface area contributed by atoms with E-state index < -0.39 is 0 Å². The standard InChI is InChI=1S/C19H26BrNO.ClH/c1-21-12-6-4-2-3-5-7-13-22-19-11-9-16-14-18(20)10-8-17(16)15-19;/h8-11,14-15,21H,2-7,12-13H2,1H3;1H. The molecule has 2 aromatic rings. The van der Waals surface area contributed by atoms with Gasteiger partial charge in [0.25, 0.3) is 0 Å². The predicted octanol–water partition coefficient (Wildman–Crippen LogP) is 5.96. The van der Waals surface area contributed by atoms with Crippen molar-refractivity contribution in [1.82, 2.24) is 5.32 Å². The normalized spacial score (nSPS) is 10.5. The number of unbranched alkanes of at least 4 members (excludes halogenated alkanes) is 5. The molecular weight excluding hydrogens is 374 g/mol. The van der Waals surface area contributed by atoms with Gasteiger partial charge in [0.1, 0.15) is 5.75 Å². The van der Waals surface area contributed by atoms with Crippen molar-refractivity contribution in [2.24, 2.45) is 0 Å². The third kappa shape index (κ3) is 7.56. The largest absolute Gasteiger partial charge is 0.494 e. The van der Waals surface area contributed by atoms with E-state index in [1.54, 1.807) is 0 Å². The van der Waals surface area contributed by atoms with Crippen molar-refractivity contribution in [3.63, 3.8) is 0 Å². The molecule has 1 N–H and O–H groups in total. The van der Waals surface area contributed by atoms with Gasteiger partial charge in [-0.15, -0.1) is 12.4 Å². The number of halogens is 2. The Kier molecular flexibility index (Phi) is 10.3. The second kappa shape index (κ2) is 11.7. The molecule has 0 atom stereocenters. The Morgan fingerprint density at radius 2 is 1.52 bits per heavy atom. The quantitative estimate of drug-likeness (QED) is 0.497. The Morgan fingerprint density at radius 3 is 2.30 bits per heavy atom. The fourth-order valence-corrected chi connectivity index (χ4v) is 2.96. The molecular formula is C19H27BrClNO. The van der Waals surface area contributed by atoms with Crippen LogP contribution >= 0.6 is 28.3 Å². The van der Waals surface area contributed by atoms with Crippen LogP contribution in [0.1, 0.15) is 38.5 Å². The molecule has 0 fully saturated rings. The highest BCUT2D eigenvalue weighted by Crippen LogP contribution is 2.24. The fraction of sp³-hybridized carbons (Fsp3) is 0.474. The van der Waals surface area contributed by atoms with E-state index in [9.17, 15) is 0 Å². The SMILES string of the molecule is CNCCCCCCCCOc1ccc2cc(Br)ccc2c1.Cl. The van der Waals surface area contributed by atoms with Crippen molar-refractivity contribution in [2.75, 3.05) is 20.2 Å². The maximum atomic E-state index is 5.87. The highest BCUT2D eigenvalue weighted by atomic mass is 79.9. The third-order valence-corrected chi connectivity index (χ3v) is 4.36. The van der Waals surface area contributed by atoms with Gasteiger partial charge < -0.3 is 10.1 Å². The molecule has 0 saturated carbocycles. The molecule has 0 radical (unpaired) electrons. The van der Waals surface area contributed by atoms with Crippen LogP contribution in [0, 0.1) is 0 Å². The minimum Gasteiger partial charge on any atom is -0.494 e. The Morgan fingerprint density at radius 1 is 0.870 bits per heavy atom. The van der Waals surface area contributed by atoms with Crippen molar-refractivity contribution in [1.29, 1.82) is 0 Å². The molecule has 2 rings (SSSR count). The van der Waals surface area contributed by atoms with E-state index >= 15 is 0 Å². The van der Waals surface area contributed by atoms with Crippen LogP contribution in [-0.4, -0.2) is 20.2 Å². The van der Waals surface area contributed by atoms with E-state index in [-0.39, 0.29) is 12.4 Å². The fourth-order valence-electron chi connectivity index (χ4n) is 2.59. The van der Waals surface area contributed by atoms with Gasteiger partial charge in [-0.25, -0.2) is 0 Å². The molecule has 23 heavy (non-hydrogen) atoms. The molecule has 0 aliphatic rings. The molecule has 0 saturated heterocycles. The summed E-state index contributed by atoms with van der Waals surface area (Å²) in [5.74, 6) is 0.976. The molecule has 2 aromatic carbocycles. The lowest BCUT2D eigenvalue weighted by atomic mass is 10.1. The Hall–Kier alpha value is -0.770. The molecule has 0 aromatic heterocycles. The van der Waals surface area contributed by atoms with Crippen LogP contribution in [0.4, 0.5) is 0 Å². The van der Waals surface area contributed by atoms with Gasteiger partial charge in [0.15, 0.2) is 0 Å². The van der Waals surface area contributed by atoms with Gasteiger partial charge in [-0.1, -0.05) is 53.7 Å². The van der Waals surface area contributed by atoms with E-state index in [0.717, 1.165) is 29.8 Å². The first-order valence-electron chi connectivity index (χ1n) is 8.26. The van der Waals surface area contributed by atoms with Gasteiger partial charge >= 0.3 is 0 Å². The number of benzene rings is 2. The van der Waals surface area contributed by atoms with Gasteiger partial charge in [0.2, 0.25) is 0 Å². The second-order valence-electron chi connectivity index (χ2n) is 5.73. The lowest BCUT2D eigenvalue weighted by Gasteiger charge is -2.08. The molecule has 0 heterocycles. The van der Waals surface area contributed by atoms with Crippen LogP contribution in [0.5, 0.6) is 5.75 Å². The highest BCUT2D eigenvalue weighted by Gasteiger charge is 1.99. The van der Waals surface area contributed by atoms with Gasteiger partial charge in [0.05, 0.1) is 6.61 Å². The summed E-state index contributed by atoms with van der Waals surface area (Å²) in [5, 5.41) is 5.66. The summed E-state index contributed by atoms with van der Waals surface area (Å²) in [6.45, 7) is 1.96. The molecule has 0 unspecified atom stereocenters. The lowest BCUT2D eigenvalue weighted by molar-refractivity contribution is 0.304. The minimum absolute atomic E-state index is 0. The lowest BCUT2D eigenvalue weighted by Crippen LogP contribution is -2.06. The maximum absolute atomic E-state index is 5.87. The van der Waals surface area contributed by atoms with Crippen LogP contribution in [0.3, 0.4) is 0 Å². The minimum atomic E-state index is 0. The number of hydrogen-bond donors (Lipinski definition) is 1. The molecule has 0 amide bonds. The molecule has 0 aliphatic carbocycles. The predicted molar refractivity (Wildman–Crippen MR) is 106 cm³/mol. The Balaban J connectivity index is 0.00000264. The van der Waals surface area contributed by atoms with E-state index in [1.807, 2.05) is 7.05 Å². The van der Waals surface area contributed by atoms with Crippen molar-refractivity contribution < 1.29 is 4.74 Å². The molecule has 0 bridgehead atoms. The summed E-state index contributed by atoms with van der Waals surface area (Å²) in [7, 11) is 2.02. The molecule has 0 spiro atoms. The van der Waals surface area contributed by atoms with Crippen molar-refractivity contribution in [3.05, 3.63) is 40.9 Å². The van der Waals surface area contributed by atoms with Crippen LogP contribution in [0.2, 0.25) is 0 Å². The average Bonchev–Trinajstić information content (AvgIpc) is 2.53. The Labute approximate surface area is 154 Å². The summed E-state index contributed by atoms with van der Waals surface area (Å²) < 4.78 is 6.98. The number of ether oxygens (including phenoxy) is 1. The van der Waals surface area contributed by atoms with Crippen LogP contribution in [0.15, 0.2) is 40.9 Å². The third-order valence-electron chi connectivity index (χ3n) is 3.86. The first-order chi connectivity index (χ1) is 10.8. The molecule has 4 heteroatoms. The summed E-state index contributed by atoms with van der Waals surface area (Å²) in [6.07, 6.45) is 7.69. The van der Waals surface area contributed by atoms with Crippen LogP contribution < -0.4 is 10.1 Å². The number of fused-ring (bicyclic) bond motifs is 1. The van der Waals surface area contributed by atoms with Gasteiger partial charge in [-0.3, -0.25) is 0 Å². The number of nitrogens with one attached hydrogen (secondary N) is 1. The van der Waals surface area contributed by atoms with Crippen LogP contribution in [0.25, 0.3) is 10.8 Å². The highest BCUT2D eigenvalue weighted by molar-refractivity contribution is 9.10. The van der Waals surface area contributed by atoms with Gasteiger partial charge in [0, 0.05) is 4.47 Å². The van der Waals surface area contributed by atoms with Crippen LogP contribution in [-0.2, 0) is 0 Å². The summed E-state index contributed by atoms with van der Waals surface area (Å²) in [4.78, 5) is 0. The number of rotatable bonds is 10. The average molecular weight is 401 g/mol. The van der Waals surface area contributed by atoms with Crippen molar-refractivity contribution >= 4 is 39.1 Å². The van der Waals surface area contributed by atoms with Gasteiger partial charge in [-0.2, -0.15) is 0 Å². The van der Waals surface area contributed by atoms with E-state index in [2.05, 4.69) is 57.6 Å². The maximum Gasteiger partial charge on any atom is 0.119 e.